The number of rotatable bonds is 5. The molecule has 0 aromatic rings. The first-order valence-electron chi connectivity index (χ1n) is 2.92. The quantitative estimate of drug-likeness (QED) is 0.288. The van der Waals surface area contributed by atoms with E-state index in [4.69, 9.17) is 11.6 Å². The van der Waals surface area contributed by atoms with E-state index in [1.165, 1.54) is 0 Å². The molecule has 0 aliphatic rings. The lowest BCUT2D eigenvalue weighted by Gasteiger charge is -1.93. The van der Waals surface area contributed by atoms with Gasteiger partial charge >= 0.3 is 0 Å². The minimum Gasteiger partial charge on any atom is -0.370 e. The van der Waals surface area contributed by atoms with Crippen molar-refractivity contribution < 1.29 is 4.79 Å². The van der Waals surface area contributed by atoms with Crippen molar-refractivity contribution in [3.8, 4) is 0 Å². The van der Waals surface area contributed by atoms with E-state index >= 15 is 0 Å². The topological polar surface area (TPSA) is 83.2 Å². The predicted octanol–water partition coefficient (Wildman–Crippen LogP) is -0.880. The normalized spacial score (nSPS) is 9.44. The summed E-state index contributed by atoms with van der Waals surface area (Å²) in [7, 11) is 0. The van der Waals surface area contributed by atoms with Gasteiger partial charge in [0.15, 0.2) is 0 Å². The Morgan fingerprint density at radius 2 is 2.11 bits per heavy atom. The minimum absolute atomic E-state index is 0.257. The van der Waals surface area contributed by atoms with Crippen LogP contribution in [0.4, 0.5) is 0 Å². The van der Waals surface area contributed by atoms with Gasteiger partial charge < -0.3 is 5.73 Å². The van der Waals surface area contributed by atoms with Crippen LogP contribution in [-0.4, -0.2) is 12.5 Å². The molecule has 4 heteroatoms. The van der Waals surface area contributed by atoms with Crippen LogP contribution in [0, 0.1) is 0 Å². The van der Waals surface area contributed by atoms with Crippen molar-refractivity contribution in [1.82, 2.24) is 5.43 Å². The third kappa shape index (κ3) is 7.39. The standard InChI is InChI=1S/C5H12N3O/c6-5(9)3-1-2-4-8-7/h1-4,7H2,(H2,6,9). The number of hydrogen-bond acceptors (Lipinski definition) is 2. The van der Waals surface area contributed by atoms with Crippen molar-refractivity contribution in [3.63, 3.8) is 0 Å². The SMILES string of the molecule is N[N]CCCCC(N)=O. The third-order valence-electron chi connectivity index (χ3n) is 0.960. The molecule has 0 heterocycles. The first-order valence-corrected chi connectivity index (χ1v) is 2.92. The maximum absolute atomic E-state index is 10.1. The summed E-state index contributed by atoms with van der Waals surface area (Å²) in [5.41, 5.74) is 8.25. The predicted molar refractivity (Wildman–Crippen MR) is 34.2 cm³/mol. The Labute approximate surface area is 54.6 Å². The number of carbonyl (C=O) groups excluding carboxylic acids is 1. The second-order valence-electron chi connectivity index (χ2n) is 1.83. The van der Waals surface area contributed by atoms with Crippen LogP contribution >= 0.6 is 0 Å². The number of nitrogens with two attached hydrogens (primary N) is 2. The molecule has 0 aromatic heterocycles. The number of nitrogens with zero attached hydrogens (tertiary/aromatic N) is 1. The summed E-state index contributed by atoms with van der Waals surface area (Å²) < 4.78 is 0. The zero-order valence-electron chi connectivity index (χ0n) is 5.34. The largest absolute Gasteiger partial charge is 0.370 e. The summed E-state index contributed by atoms with van der Waals surface area (Å²) in [6.45, 7) is 0.618. The van der Waals surface area contributed by atoms with E-state index < -0.39 is 0 Å². The Bertz CT molecular complexity index is 84.3. The minimum atomic E-state index is -0.257. The highest BCUT2D eigenvalue weighted by Crippen LogP contribution is 1.91. The Morgan fingerprint density at radius 1 is 1.44 bits per heavy atom. The number of carbonyl (C=O) groups is 1. The molecule has 0 atom stereocenters. The van der Waals surface area contributed by atoms with Crippen molar-refractivity contribution in [2.45, 2.75) is 19.3 Å². The molecule has 0 spiro atoms. The average molecular weight is 130 g/mol. The number of unbranched alkanes of at least 4 members (excludes halogenated alkanes) is 1. The van der Waals surface area contributed by atoms with E-state index in [1.807, 2.05) is 0 Å². The van der Waals surface area contributed by atoms with E-state index in [0.29, 0.717) is 13.0 Å². The smallest absolute Gasteiger partial charge is 0.217 e. The molecule has 4 N–H and O–H groups in total. The van der Waals surface area contributed by atoms with Gasteiger partial charge in [0.25, 0.3) is 0 Å². The lowest BCUT2D eigenvalue weighted by molar-refractivity contribution is -0.118. The molecular weight excluding hydrogens is 118 g/mol. The highest BCUT2D eigenvalue weighted by atomic mass is 16.1. The summed E-state index contributed by atoms with van der Waals surface area (Å²) in [5, 5.41) is 0. The van der Waals surface area contributed by atoms with Gasteiger partial charge in [-0.05, 0) is 12.8 Å². The van der Waals surface area contributed by atoms with Crippen molar-refractivity contribution in [2.75, 3.05) is 6.54 Å². The molecule has 53 valence electrons. The third-order valence-corrected chi connectivity index (χ3v) is 0.960. The van der Waals surface area contributed by atoms with E-state index in [2.05, 4.69) is 5.43 Å². The van der Waals surface area contributed by atoms with Gasteiger partial charge in [-0.15, -0.1) is 0 Å². The second kappa shape index (κ2) is 5.53. The van der Waals surface area contributed by atoms with E-state index in [1.54, 1.807) is 0 Å². The van der Waals surface area contributed by atoms with Crippen LogP contribution in [0.1, 0.15) is 19.3 Å². The lowest BCUT2D eigenvalue weighted by atomic mass is 10.2. The van der Waals surface area contributed by atoms with Crippen LogP contribution in [-0.2, 0) is 4.79 Å². The fourth-order valence-electron chi connectivity index (χ4n) is 0.502. The van der Waals surface area contributed by atoms with Gasteiger partial charge in [0.05, 0.1) is 0 Å². The van der Waals surface area contributed by atoms with Gasteiger partial charge in [-0.3, -0.25) is 10.6 Å². The Morgan fingerprint density at radius 3 is 2.56 bits per heavy atom. The second-order valence-corrected chi connectivity index (χ2v) is 1.83. The Kier molecular flexibility index (Phi) is 5.15. The molecule has 0 saturated heterocycles. The fraction of sp³-hybridized carbons (Fsp3) is 0.800. The van der Waals surface area contributed by atoms with Crippen molar-refractivity contribution in [2.24, 2.45) is 11.6 Å². The Balaban J connectivity index is 2.83. The number of amides is 1. The number of hydrogen-bond donors (Lipinski definition) is 2. The van der Waals surface area contributed by atoms with E-state index in [0.717, 1.165) is 12.8 Å². The molecule has 0 aromatic carbocycles. The molecule has 1 radical (unpaired) electrons. The van der Waals surface area contributed by atoms with Crippen LogP contribution in [0.25, 0.3) is 0 Å². The molecule has 0 bridgehead atoms. The van der Waals surface area contributed by atoms with E-state index in [9.17, 15) is 4.79 Å². The highest BCUT2D eigenvalue weighted by Gasteiger charge is 1.92. The molecule has 0 saturated carbocycles. The maximum atomic E-state index is 10.1. The molecule has 0 rings (SSSR count). The molecule has 0 fully saturated rings. The van der Waals surface area contributed by atoms with Crippen LogP contribution in [0.5, 0.6) is 0 Å². The van der Waals surface area contributed by atoms with Crippen molar-refractivity contribution >= 4 is 5.91 Å². The highest BCUT2D eigenvalue weighted by molar-refractivity contribution is 5.73. The van der Waals surface area contributed by atoms with Crippen LogP contribution in [0.2, 0.25) is 0 Å². The van der Waals surface area contributed by atoms with Crippen LogP contribution in [0.15, 0.2) is 0 Å². The maximum Gasteiger partial charge on any atom is 0.217 e. The van der Waals surface area contributed by atoms with Gasteiger partial charge in [-0.1, -0.05) is 0 Å². The zero-order valence-corrected chi connectivity index (χ0v) is 5.34. The van der Waals surface area contributed by atoms with Gasteiger partial charge in [-0.25, -0.2) is 0 Å². The molecule has 4 nitrogen and oxygen atoms in total. The molecule has 1 amide bonds. The average Bonchev–Trinajstić information content (AvgIpc) is 1.80. The molecule has 9 heavy (non-hydrogen) atoms. The van der Waals surface area contributed by atoms with Gasteiger partial charge in [0.1, 0.15) is 0 Å². The summed E-state index contributed by atoms with van der Waals surface area (Å²) in [6, 6.07) is 0. The van der Waals surface area contributed by atoms with Gasteiger partial charge in [-0.2, -0.15) is 5.43 Å². The first kappa shape index (κ1) is 8.39. The first-order chi connectivity index (χ1) is 4.27. The number of primary amides is 1. The van der Waals surface area contributed by atoms with Crippen LogP contribution < -0.4 is 17.0 Å². The Hall–Kier alpha value is -0.610. The molecule has 0 unspecified atom stereocenters. The summed E-state index contributed by atoms with van der Waals surface area (Å²) in [5.74, 6) is 4.60. The fourth-order valence-corrected chi connectivity index (χ4v) is 0.502. The summed E-state index contributed by atoms with van der Waals surface area (Å²) in [4.78, 5) is 10.1. The molecular formula is C5H12N3O. The monoisotopic (exact) mass is 130 g/mol. The zero-order chi connectivity index (χ0) is 7.11. The lowest BCUT2D eigenvalue weighted by Crippen LogP contribution is -2.15. The molecule has 0 aliphatic heterocycles. The van der Waals surface area contributed by atoms with Crippen LogP contribution in [0.3, 0.4) is 0 Å². The summed E-state index contributed by atoms with van der Waals surface area (Å²) >= 11 is 0. The van der Waals surface area contributed by atoms with Gasteiger partial charge in [0, 0.05) is 13.0 Å². The van der Waals surface area contributed by atoms with E-state index in [-0.39, 0.29) is 5.91 Å². The van der Waals surface area contributed by atoms with Gasteiger partial charge in [0.2, 0.25) is 5.91 Å². The molecule has 0 aliphatic carbocycles. The van der Waals surface area contributed by atoms with Crippen molar-refractivity contribution in [3.05, 3.63) is 0 Å². The summed E-state index contributed by atoms with van der Waals surface area (Å²) in [6.07, 6.45) is 2.07. The van der Waals surface area contributed by atoms with Crippen molar-refractivity contribution in [1.29, 1.82) is 0 Å².